The van der Waals surface area contributed by atoms with Gasteiger partial charge in [-0.25, -0.2) is 4.79 Å². The highest BCUT2D eigenvalue weighted by Crippen LogP contribution is 2.72. The van der Waals surface area contributed by atoms with Crippen LogP contribution in [-0.2, 0) is 23.9 Å². The van der Waals surface area contributed by atoms with Crippen LogP contribution in [0, 0.1) is 51.2 Å². The van der Waals surface area contributed by atoms with E-state index in [2.05, 4.69) is 46.9 Å². The van der Waals surface area contributed by atoms with Crippen molar-refractivity contribution in [2.24, 2.45) is 57.0 Å². The molecule has 6 aliphatic carbocycles. The molecule has 0 aromatic rings. The highest BCUT2D eigenvalue weighted by atomic mass is 16.6. The third kappa shape index (κ3) is 5.70. The summed E-state index contributed by atoms with van der Waals surface area (Å²) in [5.41, 5.74) is 6.66. The number of rotatable bonds is 8. The lowest BCUT2D eigenvalue weighted by Gasteiger charge is -2.68. The van der Waals surface area contributed by atoms with Crippen molar-refractivity contribution in [1.29, 1.82) is 0 Å². The van der Waals surface area contributed by atoms with Crippen molar-refractivity contribution in [3.05, 3.63) is 11.1 Å². The standard InChI is InChI=1S/C39H60N2O6/c1-23(2)31-26(43)19-39(41-33(45)46-22-38(40)17-18-38)16-11-25-24(32(31)39)9-10-28-36(25,7)14-12-27-35(5,6)29(13-15-37(27,28)8)47-30(44)20-34(3,4)21-42/h21,23-25,27-29H,9-20,22,40H2,1-8H3,(H,41,45). The first-order chi connectivity index (χ1) is 21.8. The predicted molar refractivity (Wildman–Crippen MR) is 180 cm³/mol. The number of esters is 1. The average Bonchev–Trinajstić information content (AvgIpc) is 3.63. The van der Waals surface area contributed by atoms with Gasteiger partial charge in [-0.15, -0.1) is 0 Å². The summed E-state index contributed by atoms with van der Waals surface area (Å²) in [5.74, 6) is 1.68. The maximum Gasteiger partial charge on any atom is 0.407 e. The van der Waals surface area contributed by atoms with Crippen LogP contribution in [-0.4, -0.2) is 47.9 Å². The average molecular weight is 653 g/mol. The number of carbonyl (C=O) groups is 4. The fraction of sp³-hybridized carbons (Fsp3) is 0.846. The number of amides is 1. The number of nitrogens with two attached hydrogens (primary N) is 1. The van der Waals surface area contributed by atoms with Crippen molar-refractivity contribution in [3.63, 3.8) is 0 Å². The maximum absolute atomic E-state index is 13.7. The Bertz CT molecular complexity index is 1360. The number of nitrogens with one attached hydrogen (secondary N) is 1. The van der Waals surface area contributed by atoms with Crippen molar-refractivity contribution in [2.75, 3.05) is 6.61 Å². The maximum atomic E-state index is 13.7. The van der Waals surface area contributed by atoms with E-state index in [1.165, 1.54) is 5.57 Å². The molecule has 47 heavy (non-hydrogen) atoms. The number of fused-ring (bicyclic) bond motifs is 7. The number of Topliss-reactive ketones (excluding diaryl/α,β-unsaturated/α-hetero) is 1. The van der Waals surface area contributed by atoms with E-state index in [1.54, 1.807) is 13.8 Å². The molecule has 0 spiro atoms. The van der Waals surface area contributed by atoms with Gasteiger partial charge >= 0.3 is 12.1 Å². The Balaban J connectivity index is 1.24. The lowest BCUT2D eigenvalue weighted by molar-refractivity contribution is -0.213. The molecule has 0 aromatic carbocycles. The SMILES string of the molecule is CC(C)C1=C2C3CCC4C(C)(CCC5C(C)(C)C(OC(=O)CC(C)(C)C=O)CCC54C)C3CCC2(NC(=O)OCC2(N)CC2)CC1=O. The molecule has 8 heteroatoms. The lowest BCUT2D eigenvalue weighted by Crippen LogP contribution is -2.64. The Morgan fingerprint density at radius 3 is 2.28 bits per heavy atom. The molecule has 1 amide bonds. The van der Waals surface area contributed by atoms with E-state index in [-0.39, 0.29) is 64.5 Å². The third-order valence-electron chi connectivity index (χ3n) is 14.4. The first kappa shape index (κ1) is 34.6. The summed E-state index contributed by atoms with van der Waals surface area (Å²) in [6.07, 6.45) is 10.3. The number of alkyl carbamates (subject to hydrolysis) is 1. The van der Waals surface area contributed by atoms with Gasteiger partial charge in [-0.05, 0) is 116 Å². The van der Waals surface area contributed by atoms with Gasteiger partial charge in [0.25, 0.3) is 0 Å². The number of ether oxygens (including phenoxy) is 2. The molecule has 0 bridgehead atoms. The summed E-state index contributed by atoms with van der Waals surface area (Å²) in [7, 11) is 0. The normalized spacial score (nSPS) is 40.0. The summed E-state index contributed by atoms with van der Waals surface area (Å²) < 4.78 is 11.8. The smallest absolute Gasteiger partial charge is 0.407 e. The van der Waals surface area contributed by atoms with Crippen LogP contribution in [0.25, 0.3) is 0 Å². The summed E-state index contributed by atoms with van der Waals surface area (Å²) in [6, 6.07) is 0. The molecule has 0 radical (unpaired) electrons. The van der Waals surface area contributed by atoms with Crippen LogP contribution in [0.3, 0.4) is 0 Å². The Morgan fingerprint density at radius 2 is 1.64 bits per heavy atom. The summed E-state index contributed by atoms with van der Waals surface area (Å²) in [5, 5.41) is 3.27. The van der Waals surface area contributed by atoms with Crippen molar-refractivity contribution < 1.29 is 28.7 Å². The first-order valence-electron chi connectivity index (χ1n) is 18.5. The van der Waals surface area contributed by atoms with Crippen LogP contribution < -0.4 is 11.1 Å². The van der Waals surface area contributed by atoms with E-state index >= 15 is 0 Å². The number of hydrogen-bond acceptors (Lipinski definition) is 7. The van der Waals surface area contributed by atoms with Gasteiger partial charge < -0.3 is 25.3 Å². The lowest BCUT2D eigenvalue weighted by atomic mass is 9.37. The predicted octanol–water partition coefficient (Wildman–Crippen LogP) is 7.07. The molecule has 5 fully saturated rings. The van der Waals surface area contributed by atoms with Crippen LogP contribution in [0.5, 0.6) is 0 Å². The van der Waals surface area contributed by atoms with E-state index < -0.39 is 17.0 Å². The Labute approximate surface area is 282 Å². The second-order valence-corrected chi connectivity index (χ2v) is 18.8. The molecule has 6 aliphatic rings. The molecule has 262 valence electrons. The van der Waals surface area contributed by atoms with Crippen molar-refractivity contribution in [1.82, 2.24) is 5.32 Å². The molecule has 3 N–H and O–H groups in total. The fourth-order valence-corrected chi connectivity index (χ4v) is 12.0. The van der Waals surface area contributed by atoms with Gasteiger partial charge in [0.1, 0.15) is 19.0 Å². The zero-order valence-electron chi connectivity index (χ0n) is 30.3. The molecule has 0 heterocycles. The molecule has 8 atom stereocenters. The van der Waals surface area contributed by atoms with Crippen LogP contribution in [0.2, 0.25) is 0 Å². The molecule has 8 nitrogen and oxygen atoms in total. The quantitative estimate of drug-likeness (QED) is 0.212. The van der Waals surface area contributed by atoms with Gasteiger partial charge in [0.05, 0.1) is 17.5 Å². The number of allylic oxidation sites excluding steroid dienone is 1. The minimum absolute atomic E-state index is 0.101. The number of hydrogen-bond donors (Lipinski definition) is 2. The van der Waals surface area contributed by atoms with Gasteiger partial charge in [-0.1, -0.05) is 55.4 Å². The molecule has 8 unspecified atom stereocenters. The molecule has 0 aliphatic heterocycles. The van der Waals surface area contributed by atoms with Gasteiger partial charge in [-0.3, -0.25) is 9.59 Å². The van der Waals surface area contributed by atoms with Crippen LogP contribution >= 0.6 is 0 Å². The van der Waals surface area contributed by atoms with E-state index in [9.17, 15) is 19.2 Å². The minimum Gasteiger partial charge on any atom is -0.462 e. The zero-order valence-corrected chi connectivity index (χ0v) is 30.3. The second-order valence-electron chi connectivity index (χ2n) is 18.8. The Morgan fingerprint density at radius 1 is 0.957 bits per heavy atom. The molecular weight excluding hydrogens is 592 g/mol. The topological polar surface area (TPSA) is 125 Å². The molecular formula is C39H60N2O6. The monoisotopic (exact) mass is 652 g/mol. The Hall–Kier alpha value is -2.22. The fourth-order valence-electron chi connectivity index (χ4n) is 12.0. The van der Waals surface area contributed by atoms with E-state index in [1.807, 2.05) is 0 Å². The van der Waals surface area contributed by atoms with Crippen LogP contribution in [0.15, 0.2) is 11.1 Å². The third-order valence-corrected chi connectivity index (χ3v) is 14.4. The summed E-state index contributed by atoms with van der Waals surface area (Å²) in [4.78, 5) is 51.4. The van der Waals surface area contributed by atoms with Gasteiger partial charge in [0.2, 0.25) is 0 Å². The van der Waals surface area contributed by atoms with E-state index in [0.717, 1.165) is 76.1 Å². The Kier molecular flexibility index (Phi) is 8.41. The number of carbonyl (C=O) groups excluding carboxylic acids is 4. The molecule has 0 saturated heterocycles. The number of ketones is 1. The summed E-state index contributed by atoms with van der Waals surface area (Å²) in [6.45, 7) is 17.7. The zero-order chi connectivity index (χ0) is 34.4. The molecule has 5 saturated carbocycles. The van der Waals surface area contributed by atoms with Crippen molar-refractivity contribution in [3.8, 4) is 0 Å². The van der Waals surface area contributed by atoms with E-state index in [0.29, 0.717) is 24.2 Å². The van der Waals surface area contributed by atoms with Gasteiger partial charge in [-0.2, -0.15) is 0 Å². The summed E-state index contributed by atoms with van der Waals surface area (Å²) >= 11 is 0. The van der Waals surface area contributed by atoms with Crippen molar-refractivity contribution in [2.45, 2.75) is 150 Å². The van der Waals surface area contributed by atoms with Crippen LogP contribution in [0.1, 0.15) is 132 Å². The largest absolute Gasteiger partial charge is 0.462 e. The van der Waals surface area contributed by atoms with Gasteiger partial charge in [0, 0.05) is 17.3 Å². The number of aldehydes is 1. The van der Waals surface area contributed by atoms with Crippen molar-refractivity contribution >= 4 is 24.1 Å². The highest BCUT2D eigenvalue weighted by Gasteiger charge is 2.67. The molecule has 0 aromatic heterocycles. The molecule has 6 rings (SSSR count). The van der Waals surface area contributed by atoms with Gasteiger partial charge in [0.15, 0.2) is 5.78 Å². The van der Waals surface area contributed by atoms with Crippen LogP contribution in [0.4, 0.5) is 4.79 Å². The second kappa shape index (κ2) is 11.4. The highest BCUT2D eigenvalue weighted by molar-refractivity contribution is 6.02. The van der Waals surface area contributed by atoms with E-state index in [4.69, 9.17) is 15.2 Å². The minimum atomic E-state index is -0.720. The first-order valence-corrected chi connectivity index (χ1v) is 18.5.